The summed E-state index contributed by atoms with van der Waals surface area (Å²) >= 11 is 0. The molecule has 0 spiro atoms. The van der Waals surface area contributed by atoms with Crippen LogP contribution in [0.2, 0.25) is 0 Å². The number of hydrogen-bond donors (Lipinski definition) is 0. The van der Waals surface area contributed by atoms with Crippen molar-refractivity contribution in [3.8, 4) is 67.3 Å². The van der Waals surface area contributed by atoms with Gasteiger partial charge in [-0.05, 0) is 134 Å². The number of furan rings is 2. The number of pyridine rings is 1. The third-order valence-electron chi connectivity index (χ3n) is 12.5. The lowest BCUT2D eigenvalue weighted by Gasteiger charge is -2.13. The molecule has 0 atom stereocenters. The molecule has 64 heavy (non-hydrogen) atoms. The number of hydrogen-bond acceptors (Lipinski definition) is 5. The number of fused-ring (bicyclic) bond motifs is 8. The fourth-order valence-corrected chi connectivity index (χ4v) is 9.22. The highest BCUT2D eigenvalue weighted by molar-refractivity contribution is 6.12. The molecule has 0 aliphatic rings. The Hall–Kier alpha value is -8.67. The van der Waals surface area contributed by atoms with Crippen LogP contribution in [0.25, 0.3) is 133 Å². The Labute approximate surface area is 367 Å². The summed E-state index contributed by atoms with van der Waals surface area (Å²) in [5, 5.41) is 9.00. The van der Waals surface area contributed by atoms with Gasteiger partial charge in [-0.2, -0.15) is 0 Å². The van der Waals surface area contributed by atoms with E-state index in [0.29, 0.717) is 5.82 Å². The van der Waals surface area contributed by atoms with E-state index in [1.807, 2.05) is 18.3 Å². The molecule has 13 rings (SSSR count). The van der Waals surface area contributed by atoms with Crippen LogP contribution in [0.3, 0.4) is 0 Å². The summed E-state index contributed by atoms with van der Waals surface area (Å²) in [5.74, 6) is 0.637. The SMILES string of the molecule is c1ccc(-c2cc(-c3ccc(-c4cccnc4)cc3)nc(-c3cc(-c4ccc5oc6cc7ccccc7cc6c5c4)cc(-c4ccc5oc6cc7ccccc7cc6c5c4)c3)n2)cc1. The maximum Gasteiger partial charge on any atom is 0.160 e. The minimum absolute atomic E-state index is 0.637. The molecule has 4 heterocycles. The predicted octanol–water partition coefficient (Wildman–Crippen LogP) is 16.0. The van der Waals surface area contributed by atoms with Crippen molar-refractivity contribution < 1.29 is 8.83 Å². The largest absolute Gasteiger partial charge is 0.456 e. The van der Waals surface area contributed by atoms with Crippen LogP contribution in [0, 0.1) is 0 Å². The highest BCUT2D eigenvalue weighted by atomic mass is 16.3. The van der Waals surface area contributed by atoms with E-state index in [1.54, 1.807) is 6.20 Å². The van der Waals surface area contributed by atoms with Crippen molar-refractivity contribution in [2.75, 3.05) is 0 Å². The number of rotatable bonds is 6. The zero-order valence-electron chi connectivity index (χ0n) is 34.4. The lowest BCUT2D eigenvalue weighted by Crippen LogP contribution is -1.97. The molecule has 0 unspecified atom stereocenters. The van der Waals surface area contributed by atoms with Crippen LogP contribution in [0.4, 0.5) is 0 Å². The maximum absolute atomic E-state index is 6.44. The average molecular weight is 818 g/mol. The van der Waals surface area contributed by atoms with Crippen molar-refractivity contribution >= 4 is 65.4 Å². The molecule has 0 aliphatic carbocycles. The van der Waals surface area contributed by atoms with Crippen LogP contribution in [0.1, 0.15) is 0 Å². The zero-order valence-corrected chi connectivity index (χ0v) is 34.4. The Morgan fingerprint density at radius 1 is 0.281 bits per heavy atom. The highest BCUT2D eigenvalue weighted by Gasteiger charge is 2.17. The summed E-state index contributed by atoms with van der Waals surface area (Å²) in [7, 11) is 0. The Bertz CT molecular complexity index is 3770. The van der Waals surface area contributed by atoms with E-state index in [-0.39, 0.29) is 0 Å². The number of benzene rings is 9. The molecule has 13 aromatic rings. The van der Waals surface area contributed by atoms with E-state index in [2.05, 4.69) is 193 Å². The van der Waals surface area contributed by atoms with E-state index in [4.69, 9.17) is 18.8 Å². The van der Waals surface area contributed by atoms with Crippen molar-refractivity contribution in [2.45, 2.75) is 0 Å². The van der Waals surface area contributed by atoms with Gasteiger partial charge in [-0.15, -0.1) is 0 Å². The smallest absolute Gasteiger partial charge is 0.160 e. The Morgan fingerprint density at radius 2 is 0.734 bits per heavy atom. The van der Waals surface area contributed by atoms with Crippen molar-refractivity contribution in [3.05, 3.63) is 213 Å². The van der Waals surface area contributed by atoms with Gasteiger partial charge in [-0.1, -0.05) is 121 Å². The fourth-order valence-electron chi connectivity index (χ4n) is 9.22. The topological polar surface area (TPSA) is 65.0 Å². The van der Waals surface area contributed by atoms with Gasteiger partial charge < -0.3 is 8.83 Å². The van der Waals surface area contributed by atoms with E-state index in [9.17, 15) is 0 Å². The summed E-state index contributed by atoms with van der Waals surface area (Å²) in [6.45, 7) is 0. The standard InChI is InChI=1S/C59H35N3O2/c1-2-9-37(10-3-1)53-34-54(38-18-16-36(17-19-38)45-15-8-24-60-35-45)62-59(61-53)48-26-46(43-20-22-55-49(30-43)51-28-39-11-4-6-13-41(39)32-57(51)63-55)25-47(27-48)44-21-23-56-50(31-44)52-29-40-12-5-7-14-42(40)33-58(52)64-56/h1-35H. The van der Waals surface area contributed by atoms with Crippen molar-refractivity contribution in [1.29, 1.82) is 0 Å². The first-order chi connectivity index (χ1) is 31.6. The van der Waals surface area contributed by atoms with Gasteiger partial charge in [0.25, 0.3) is 0 Å². The molecule has 5 nitrogen and oxygen atoms in total. The van der Waals surface area contributed by atoms with Gasteiger partial charge in [0.05, 0.1) is 11.4 Å². The molecule has 298 valence electrons. The van der Waals surface area contributed by atoms with E-state index < -0.39 is 0 Å². The Kier molecular flexibility index (Phi) is 8.15. The van der Waals surface area contributed by atoms with Gasteiger partial charge in [0.15, 0.2) is 5.82 Å². The lowest BCUT2D eigenvalue weighted by atomic mass is 9.94. The zero-order chi connectivity index (χ0) is 42.1. The van der Waals surface area contributed by atoms with Crippen LogP contribution in [-0.4, -0.2) is 15.0 Å². The molecule has 5 heteroatoms. The molecule has 0 bridgehead atoms. The molecule has 9 aromatic carbocycles. The molecule has 4 aromatic heterocycles. The molecule has 0 N–H and O–H groups in total. The third-order valence-corrected chi connectivity index (χ3v) is 12.5. The molecule has 0 fully saturated rings. The van der Waals surface area contributed by atoms with E-state index in [0.717, 1.165) is 116 Å². The van der Waals surface area contributed by atoms with Gasteiger partial charge >= 0.3 is 0 Å². The summed E-state index contributed by atoms with van der Waals surface area (Å²) in [6.07, 6.45) is 3.68. The third kappa shape index (κ3) is 6.21. The first-order valence-corrected chi connectivity index (χ1v) is 21.5. The van der Waals surface area contributed by atoms with Gasteiger partial charge in [-0.25, -0.2) is 9.97 Å². The van der Waals surface area contributed by atoms with Crippen LogP contribution >= 0.6 is 0 Å². The summed E-state index contributed by atoms with van der Waals surface area (Å²) < 4.78 is 12.9. The van der Waals surface area contributed by atoms with Crippen molar-refractivity contribution in [1.82, 2.24) is 15.0 Å². The molecule has 0 aliphatic heterocycles. The number of aromatic nitrogens is 3. The lowest BCUT2D eigenvalue weighted by molar-refractivity contribution is 0.669. The average Bonchev–Trinajstić information content (AvgIpc) is 3.91. The first-order valence-electron chi connectivity index (χ1n) is 21.5. The summed E-state index contributed by atoms with van der Waals surface area (Å²) in [4.78, 5) is 15.0. The maximum atomic E-state index is 6.44. The van der Waals surface area contributed by atoms with Gasteiger partial charge in [0, 0.05) is 50.6 Å². The molecule has 0 saturated heterocycles. The second-order valence-electron chi connectivity index (χ2n) is 16.5. The minimum Gasteiger partial charge on any atom is -0.456 e. The van der Waals surface area contributed by atoms with Crippen molar-refractivity contribution in [3.63, 3.8) is 0 Å². The predicted molar refractivity (Wildman–Crippen MR) is 262 cm³/mol. The minimum atomic E-state index is 0.637. The molecule has 0 amide bonds. The second-order valence-corrected chi connectivity index (χ2v) is 16.5. The molecular weight excluding hydrogens is 783 g/mol. The van der Waals surface area contributed by atoms with Crippen molar-refractivity contribution in [2.24, 2.45) is 0 Å². The quantitative estimate of drug-likeness (QED) is 0.167. The Balaban J connectivity index is 1.01. The monoisotopic (exact) mass is 817 g/mol. The summed E-state index contributed by atoms with van der Waals surface area (Å²) in [6, 6.07) is 70.3. The van der Waals surface area contributed by atoms with Gasteiger partial charge in [0.2, 0.25) is 0 Å². The van der Waals surface area contributed by atoms with Crippen LogP contribution in [-0.2, 0) is 0 Å². The van der Waals surface area contributed by atoms with Crippen LogP contribution in [0.5, 0.6) is 0 Å². The van der Waals surface area contributed by atoms with Gasteiger partial charge in [-0.3, -0.25) is 4.98 Å². The fraction of sp³-hybridized carbons (Fsp3) is 0. The van der Waals surface area contributed by atoms with Gasteiger partial charge in [0.1, 0.15) is 22.3 Å². The van der Waals surface area contributed by atoms with Crippen LogP contribution < -0.4 is 0 Å². The Morgan fingerprint density at radius 3 is 1.28 bits per heavy atom. The van der Waals surface area contributed by atoms with E-state index >= 15 is 0 Å². The highest BCUT2D eigenvalue weighted by Crippen LogP contribution is 2.40. The first kappa shape index (κ1) is 36.0. The van der Waals surface area contributed by atoms with Crippen LogP contribution in [0.15, 0.2) is 221 Å². The normalized spacial score (nSPS) is 11.8. The molecule has 0 saturated carbocycles. The number of nitrogens with zero attached hydrogens (tertiary/aromatic N) is 3. The van der Waals surface area contributed by atoms with E-state index in [1.165, 1.54) is 10.8 Å². The molecule has 0 radical (unpaired) electrons. The molecular formula is C59H35N3O2. The summed E-state index contributed by atoms with van der Waals surface area (Å²) in [5.41, 5.74) is 14.5. The second kappa shape index (κ2) is 14.5.